The zero-order valence-electron chi connectivity index (χ0n) is 13.1. The Bertz CT molecular complexity index is 944. The molecule has 0 atom stereocenters. The number of terminal acetylenes is 1. The number of amides is 1. The van der Waals surface area contributed by atoms with E-state index in [2.05, 4.69) is 40.3 Å². The number of carbonyl (C=O) groups is 1. The first kappa shape index (κ1) is 14.5. The van der Waals surface area contributed by atoms with Crippen molar-refractivity contribution in [1.82, 2.24) is 19.5 Å². The Balaban J connectivity index is 0.000000201. The SMILES string of the molecule is C#Cc1c(C(=O)N2CCCC2)nn2cccnc12.c1cc2cc-2c1. The molecule has 24 heavy (non-hydrogen) atoms. The molecule has 5 rings (SSSR count). The van der Waals surface area contributed by atoms with Crippen LogP contribution in [0.2, 0.25) is 0 Å². The zero-order valence-corrected chi connectivity index (χ0v) is 13.1. The second-order valence-corrected chi connectivity index (χ2v) is 5.84. The highest BCUT2D eigenvalue weighted by Crippen LogP contribution is 2.32. The average Bonchev–Trinajstić information content (AvgIpc) is 3.09. The Morgan fingerprint density at radius 3 is 2.50 bits per heavy atom. The molecule has 3 heterocycles. The number of hydrogen-bond donors (Lipinski definition) is 0. The van der Waals surface area contributed by atoms with Crippen LogP contribution in [-0.4, -0.2) is 38.5 Å². The monoisotopic (exact) mass is 316 g/mol. The van der Waals surface area contributed by atoms with E-state index in [1.165, 1.54) is 11.1 Å². The zero-order chi connectivity index (χ0) is 16.5. The lowest BCUT2D eigenvalue weighted by Crippen LogP contribution is -2.28. The lowest BCUT2D eigenvalue weighted by molar-refractivity contribution is 0.0786. The molecule has 0 saturated carbocycles. The maximum Gasteiger partial charge on any atom is 0.275 e. The number of benzene rings is 1. The molecule has 2 aliphatic carbocycles. The number of rotatable bonds is 1. The van der Waals surface area contributed by atoms with E-state index in [9.17, 15) is 4.79 Å². The van der Waals surface area contributed by atoms with Crippen LogP contribution in [0.5, 0.6) is 0 Å². The van der Waals surface area contributed by atoms with Gasteiger partial charge in [-0.3, -0.25) is 4.79 Å². The van der Waals surface area contributed by atoms with E-state index < -0.39 is 0 Å². The van der Waals surface area contributed by atoms with Crippen LogP contribution in [0.4, 0.5) is 0 Å². The third-order valence-corrected chi connectivity index (χ3v) is 4.25. The predicted octanol–water partition coefficient (Wildman–Crippen LogP) is 2.61. The quantitative estimate of drug-likeness (QED) is 0.507. The van der Waals surface area contributed by atoms with Gasteiger partial charge in [-0.05, 0) is 36.1 Å². The molecule has 0 spiro atoms. The molecule has 1 amide bonds. The van der Waals surface area contributed by atoms with Crippen molar-refractivity contribution in [2.45, 2.75) is 12.8 Å². The highest BCUT2D eigenvalue weighted by Gasteiger charge is 2.25. The number of hydrogen-bond acceptors (Lipinski definition) is 3. The number of carbonyl (C=O) groups excluding carboxylic acids is 1. The Kier molecular flexibility index (Phi) is 3.51. The van der Waals surface area contributed by atoms with Gasteiger partial charge >= 0.3 is 0 Å². The van der Waals surface area contributed by atoms with Crippen molar-refractivity contribution in [3.63, 3.8) is 0 Å². The smallest absolute Gasteiger partial charge is 0.275 e. The first-order chi connectivity index (χ1) is 11.8. The second kappa shape index (κ2) is 5.82. The summed E-state index contributed by atoms with van der Waals surface area (Å²) in [7, 11) is 0. The number of nitrogens with zero attached hydrogens (tertiary/aromatic N) is 4. The van der Waals surface area contributed by atoms with Crippen molar-refractivity contribution < 1.29 is 4.79 Å². The molecule has 1 aliphatic heterocycles. The molecule has 2 aromatic rings. The fourth-order valence-electron chi connectivity index (χ4n) is 2.92. The molecule has 0 bridgehead atoms. The van der Waals surface area contributed by atoms with Crippen molar-refractivity contribution >= 4 is 11.6 Å². The van der Waals surface area contributed by atoms with Crippen LogP contribution in [0.15, 0.2) is 42.7 Å². The van der Waals surface area contributed by atoms with Gasteiger partial charge in [-0.15, -0.1) is 6.42 Å². The maximum atomic E-state index is 12.3. The summed E-state index contributed by atoms with van der Waals surface area (Å²) in [6.45, 7) is 1.56. The Morgan fingerprint density at radius 2 is 1.92 bits per heavy atom. The summed E-state index contributed by atoms with van der Waals surface area (Å²) in [5.74, 6) is 2.44. The lowest BCUT2D eigenvalue weighted by Gasteiger charge is -2.13. The van der Waals surface area contributed by atoms with Gasteiger partial charge in [0.05, 0.1) is 0 Å². The molecular formula is C19H16N4O. The van der Waals surface area contributed by atoms with Gasteiger partial charge in [-0.1, -0.05) is 24.1 Å². The van der Waals surface area contributed by atoms with Crippen molar-refractivity contribution in [2.75, 3.05) is 13.1 Å². The van der Waals surface area contributed by atoms with Crippen molar-refractivity contribution in [2.24, 2.45) is 0 Å². The maximum absolute atomic E-state index is 12.3. The van der Waals surface area contributed by atoms with Crippen molar-refractivity contribution in [1.29, 1.82) is 0 Å². The molecular weight excluding hydrogens is 300 g/mol. The van der Waals surface area contributed by atoms with E-state index in [0.717, 1.165) is 25.9 Å². The molecule has 118 valence electrons. The number of fused-ring (bicyclic) bond motifs is 2. The largest absolute Gasteiger partial charge is 0.337 e. The van der Waals surface area contributed by atoms with Crippen LogP contribution in [0, 0.1) is 12.3 Å². The van der Waals surface area contributed by atoms with Crippen molar-refractivity contribution in [3.05, 3.63) is 54.0 Å². The minimum absolute atomic E-state index is 0.0917. The average molecular weight is 316 g/mol. The molecule has 0 N–H and O–H groups in total. The van der Waals surface area contributed by atoms with E-state index in [4.69, 9.17) is 6.42 Å². The molecule has 2 aromatic heterocycles. The van der Waals surface area contributed by atoms with Crippen LogP contribution in [0.3, 0.4) is 0 Å². The summed E-state index contributed by atoms with van der Waals surface area (Å²) in [4.78, 5) is 18.3. The standard InChI is InChI=1S/C13H12N4O.C6H4/c1-2-10-11(13(18)16-7-3-4-8-16)15-17-9-5-6-14-12(10)17;1-2-5-4-6(5)3-1/h1,5-6,9H,3-4,7-8H2;1-4H. The Morgan fingerprint density at radius 1 is 1.17 bits per heavy atom. The second-order valence-electron chi connectivity index (χ2n) is 5.84. The molecule has 1 saturated heterocycles. The molecule has 5 nitrogen and oxygen atoms in total. The van der Waals surface area contributed by atoms with Crippen LogP contribution in [0.1, 0.15) is 28.9 Å². The van der Waals surface area contributed by atoms with E-state index in [0.29, 0.717) is 16.9 Å². The summed E-state index contributed by atoms with van der Waals surface area (Å²) < 4.78 is 1.55. The molecule has 1 fully saturated rings. The third kappa shape index (κ3) is 2.52. The summed E-state index contributed by atoms with van der Waals surface area (Å²) in [5, 5.41) is 4.25. The van der Waals surface area contributed by atoms with Gasteiger partial charge in [0, 0.05) is 25.5 Å². The van der Waals surface area contributed by atoms with E-state index in [1.54, 1.807) is 27.9 Å². The van der Waals surface area contributed by atoms with Gasteiger partial charge in [-0.25, -0.2) is 9.50 Å². The van der Waals surface area contributed by atoms with Crippen LogP contribution < -0.4 is 0 Å². The predicted molar refractivity (Wildman–Crippen MR) is 91.5 cm³/mol. The minimum atomic E-state index is -0.0917. The number of aromatic nitrogens is 3. The molecule has 3 aliphatic rings. The topological polar surface area (TPSA) is 50.5 Å². The van der Waals surface area contributed by atoms with Crippen LogP contribution in [-0.2, 0) is 0 Å². The van der Waals surface area contributed by atoms with Gasteiger partial charge in [0.15, 0.2) is 11.3 Å². The van der Waals surface area contributed by atoms with Gasteiger partial charge < -0.3 is 4.90 Å². The molecule has 0 unspecified atom stereocenters. The van der Waals surface area contributed by atoms with E-state index in [-0.39, 0.29) is 5.91 Å². The van der Waals surface area contributed by atoms with Gasteiger partial charge in [0.1, 0.15) is 5.56 Å². The highest BCUT2D eigenvalue weighted by molar-refractivity contribution is 5.97. The summed E-state index contributed by atoms with van der Waals surface area (Å²) in [6.07, 6.45) is 11.0. The van der Waals surface area contributed by atoms with E-state index >= 15 is 0 Å². The van der Waals surface area contributed by atoms with Gasteiger partial charge in [-0.2, -0.15) is 5.10 Å². The first-order valence-electron chi connectivity index (χ1n) is 7.97. The Labute approximate surface area is 139 Å². The van der Waals surface area contributed by atoms with Crippen molar-refractivity contribution in [3.8, 4) is 23.5 Å². The summed E-state index contributed by atoms with van der Waals surface area (Å²) in [5.41, 5.74) is 4.22. The minimum Gasteiger partial charge on any atom is -0.337 e. The normalized spacial score (nSPS) is 14.0. The Hall–Kier alpha value is -3.13. The van der Waals surface area contributed by atoms with Crippen LogP contribution >= 0.6 is 0 Å². The fourth-order valence-corrected chi connectivity index (χ4v) is 2.92. The first-order valence-corrected chi connectivity index (χ1v) is 7.97. The highest BCUT2D eigenvalue weighted by atomic mass is 16.2. The molecule has 0 aromatic carbocycles. The number of likely N-dealkylation sites (tertiary alicyclic amines) is 1. The van der Waals surface area contributed by atoms with E-state index in [1.807, 2.05) is 0 Å². The van der Waals surface area contributed by atoms with Gasteiger partial charge in [0.2, 0.25) is 0 Å². The summed E-state index contributed by atoms with van der Waals surface area (Å²) >= 11 is 0. The fraction of sp³-hybridized carbons (Fsp3) is 0.211. The molecule has 0 radical (unpaired) electrons. The third-order valence-electron chi connectivity index (χ3n) is 4.25. The van der Waals surface area contributed by atoms with Crippen LogP contribution in [0.25, 0.3) is 16.8 Å². The lowest BCUT2D eigenvalue weighted by atomic mass is 10.2. The van der Waals surface area contributed by atoms with Gasteiger partial charge in [0.25, 0.3) is 5.91 Å². The molecule has 5 heteroatoms. The summed E-state index contributed by atoms with van der Waals surface area (Å²) in [6, 6.07) is 10.2.